The van der Waals surface area contributed by atoms with E-state index in [1.54, 1.807) is 0 Å². The smallest absolute Gasteiger partial charge is 0.224 e. The van der Waals surface area contributed by atoms with Crippen LogP contribution in [-0.2, 0) is 11.2 Å². The van der Waals surface area contributed by atoms with Gasteiger partial charge in [-0.2, -0.15) is 0 Å². The van der Waals surface area contributed by atoms with Crippen LogP contribution in [0.5, 0.6) is 5.75 Å². The van der Waals surface area contributed by atoms with Crippen molar-refractivity contribution in [2.45, 2.75) is 32.6 Å². The van der Waals surface area contributed by atoms with Crippen LogP contribution in [0.1, 0.15) is 31.7 Å². The molecule has 0 radical (unpaired) electrons. The molecule has 25 heavy (non-hydrogen) atoms. The third-order valence-corrected chi connectivity index (χ3v) is 4.15. The maximum atomic E-state index is 12.3. The summed E-state index contributed by atoms with van der Waals surface area (Å²) in [5, 5.41) is 4.20. The van der Waals surface area contributed by atoms with E-state index in [9.17, 15) is 4.79 Å². The van der Waals surface area contributed by atoms with Crippen molar-refractivity contribution >= 4 is 22.5 Å². The number of aromatic amines is 1. The van der Waals surface area contributed by atoms with Crippen molar-refractivity contribution in [2.75, 3.05) is 11.9 Å². The van der Waals surface area contributed by atoms with Crippen LogP contribution in [0.15, 0.2) is 54.7 Å². The lowest BCUT2D eigenvalue weighted by Crippen LogP contribution is -2.12. The average molecular weight is 336 g/mol. The zero-order chi connectivity index (χ0) is 17.5. The Balaban J connectivity index is 1.53. The summed E-state index contributed by atoms with van der Waals surface area (Å²) >= 11 is 0. The molecule has 0 aliphatic carbocycles. The van der Waals surface area contributed by atoms with Gasteiger partial charge in [-0.1, -0.05) is 37.3 Å². The Hall–Kier alpha value is -2.75. The SMILES string of the molecule is CCCOc1ccccc1NC(=O)CCCc1c[nH]c2ccccc12. The molecule has 0 saturated carbocycles. The number of carbonyl (C=O) groups is 1. The fraction of sp³-hybridized carbons (Fsp3) is 0.286. The van der Waals surface area contributed by atoms with Crippen LogP contribution >= 0.6 is 0 Å². The van der Waals surface area contributed by atoms with Gasteiger partial charge in [0.05, 0.1) is 12.3 Å². The van der Waals surface area contributed by atoms with Gasteiger partial charge in [-0.05, 0) is 43.0 Å². The first-order chi connectivity index (χ1) is 12.3. The molecule has 1 aromatic heterocycles. The third-order valence-electron chi connectivity index (χ3n) is 4.15. The summed E-state index contributed by atoms with van der Waals surface area (Å²) in [7, 11) is 0. The van der Waals surface area contributed by atoms with E-state index in [0.717, 1.165) is 36.2 Å². The molecule has 1 heterocycles. The first-order valence-corrected chi connectivity index (χ1v) is 8.84. The van der Waals surface area contributed by atoms with E-state index in [-0.39, 0.29) is 5.91 Å². The minimum atomic E-state index is 0.0207. The molecule has 4 nitrogen and oxygen atoms in total. The van der Waals surface area contributed by atoms with Crippen LogP contribution in [0, 0.1) is 0 Å². The summed E-state index contributed by atoms with van der Waals surface area (Å²) in [6.07, 6.45) is 5.15. The second kappa shape index (κ2) is 8.38. The van der Waals surface area contributed by atoms with Crippen LogP contribution in [0.25, 0.3) is 10.9 Å². The van der Waals surface area contributed by atoms with Gasteiger partial charge in [0.25, 0.3) is 0 Å². The molecule has 1 amide bonds. The molecule has 0 atom stereocenters. The lowest BCUT2D eigenvalue weighted by molar-refractivity contribution is -0.116. The topological polar surface area (TPSA) is 54.1 Å². The van der Waals surface area contributed by atoms with E-state index < -0.39 is 0 Å². The number of fused-ring (bicyclic) bond motifs is 1. The normalized spacial score (nSPS) is 10.8. The van der Waals surface area contributed by atoms with Gasteiger partial charge in [-0.3, -0.25) is 4.79 Å². The molecule has 0 unspecified atom stereocenters. The molecule has 3 aromatic rings. The molecule has 0 fully saturated rings. The van der Waals surface area contributed by atoms with E-state index in [4.69, 9.17) is 4.74 Å². The first kappa shape index (κ1) is 17.1. The highest BCUT2D eigenvalue weighted by Crippen LogP contribution is 2.24. The third kappa shape index (κ3) is 4.41. The number of rotatable bonds is 8. The van der Waals surface area contributed by atoms with Crippen molar-refractivity contribution in [3.05, 3.63) is 60.3 Å². The number of amides is 1. The fourth-order valence-electron chi connectivity index (χ4n) is 2.90. The Morgan fingerprint density at radius 1 is 1.12 bits per heavy atom. The number of anilines is 1. The number of para-hydroxylation sites is 3. The van der Waals surface area contributed by atoms with Gasteiger partial charge < -0.3 is 15.0 Å². The van der Waals surface area contributed by atoms with Crippen molar-refractivity contribution in [3.63, 3.8) is 0 Å². The standard InChI is InChI=1S/C21H24N2O2/c1-2-14-25-20-12-6-5-11-19(20)23-21(24)13-7-8-16-15-22-18-10-4-3-9-17(16)18/h3-6,9-12,15,22H,2,7-8,13-14H2,1H3,(H,23,24). The lowest BCUT2D eigenvalue weighted by Gasteiger charge is -2.11. The average Bonchev–Trinajstić information content (AvgIpc) is 3.04. The second-order valence-electron chi connectivity index (χ2n) is 6.11. The Labute approximate surface area is 148 Å². The van der Waals surface area contributed by atoms with E-state index >= 15 is 0 Å². The van der Waals surface area contributed by atoms with Crippen LogP contribution in [-0.4, -0.2) is 17.5 Å². The number of aromatic nitrogens is 1. The van der Waals surface area contributed by atoms with E-state index in [1.807, 2.05) is 42.6 Å². The Bertz CT molecular complexity index is 839. The van der Waals surface area contributed by atoms with E-state index in [2.05, 4.69) is 29.4 Å². The largest absolute Gasteiger partial charge is 0.491 e. The lowest BCUT2D eigenvalue weighted by atomic mass is 10.1. The Morgan fingerprint density at radius 2 is 1.92 bits per heavy atom. The predicted octanol–water partition coefficient (Wildman–Crippen LogP) is 4.92. The van der Waals surface area contributed by atoms with Gasteiger partial charge in [-0.15, -0.1) is 0 Å². The summed E-state index contributed by atoms with van der Waals surface area (Å²) in [4.78, 5) is 15.5. The maximum absolute atomic E-state index is 12.3. The summed E-state index contributed by atoms with van der Waals surface area (Å²) < 4.78 is 5.68. The van der Waals surface area contributed by atoms with Gasteiger partial charge in [0, 0.05) is 23.5 Å². The number of hydrogen-bond donors (Lipinski definition) is 2. The van der Waals surface area contributed by atoms with Crippen molar-refractivity contribution in [1.29, 1.82) is 0 Å². The van der Waals surface area contributed by atoms with Gasteiger partial charge in [-0.25, -0.2) is 0 Å². The summed E-state index contributed by atoms with van der Waals surface area (Å²) in [6, 6.07) is 15.8. The highest BCUT2D eigenvalue weighted by atomic mass is 16.5. The molecule has 0 saturated heterocycles. The monoisotopic (exact) mass is 336 g/mol. The molecule has 0 spiro atoms. The molecule has 0 aliphatic rings. The first-order valence-electron chi connectivity index (χ1n) is 8.84. The zero-order valence-electron chi connectivity index (χ0n) is 14.5. The molecule has 3 rings (SSSR count). The van der Waals surface area contributed by atoms with Crippen LogP contribution in [0.3, 0.4) is 0 Å². The molecular formula is C21H24N2O2. The molecule has 2 N–H and O–H groups in total. The number of hydrogen-bond acceptors (Lipinski definition) is 2. The number of nitrogens with one attached hydrogen (secondary N) is 2. The highest BCUT2D eigenvalue weighted by Gasteiger charge is 2.08. The van der Waals surface area contributed by atoms with Gasteiger partial charge >= 0.3 is 0 Å². The van der Waals surface area contributed by atoms with Crippen molar-refractivity contribution in [2.24, 2.45) is 0 Å². The summed E-state index contributed by atoms with van der Waals surface area (Å²) in [5.41, 5.74) is 3.15. The molecule has 0 aliphatic heterocycles. The minimum Gasteiger partial charge on any atom is -0.491 e. The minimum absolute atomic E-state index is 0.0207. The van der Waals surface area contributed by atoms with Crippen LogP contribution < -0.4 is 10.1 Å². The number of carbonyl (C=O) groups excluding carboxylic acids is 1. The second-order valence-corrected chi connectivity index (χ2v) is 6.11. The van der Waals surface area contributed by atoms with E-state index in [0.29, 0.717) is 13.0 Å². The maximum Gasteiger partial charge on any atom is 0.224 e. The fourth-order valence-corrected chi connectivity index (χ4v) is 2.90. The molecule has 4 heteroatoms. The Kier molecular flexibility index (Phi) is 5.73. The Morgan fingerprint density at radius 3 is 2.80 bits per heavy atom. The number of benzene rings is 2. The summed E-state index contributed by atoms with van der Waals surface area (Å²) in [5.74, 6) is 0.752. The van der Waals surface area contributed by atoms with Crippen LogP contribution in [0.2, 0.25) is 0 Å². The number of aryl methyl sites for hydroxylation is 1. The van der Waals surface area contributed by atoms with Gasteiger partial charge in [0.15, 0.2) is 0 Å². The highest BCUT2D eigenvalue weighted by molar-refractivity contribution is 5.92. The molecular weight excluding hydrogens is 312 g/mol. The van der Waals surface area contributed by atoms with E-state index in [1.165, 1.54) is 10.9 Å². The quantitative estimate of drug-likeness (QED) is 0.613. The van der Waals surface area contributed by atoms with Crippen molar-refractivity contribution < 1.29 is 9.53 Å². The number of ether oxygens (including phenoxy) is 1. The van der Waals surface area contributed by atoms with Gasteiger partial charge in [0.2, 0.25) is 5.91 Å². The van der Waals surface area contributed by atoms with Gasteiger partial charge in [0.1, 0.15) is 5.75 Å². The number of H-pyrrole nitrogens is 1. The predicted molar refractivity (Wildman–Crippen MR) is 102 cm³/mol. The molecule has 130 valence electrons. The molecule has 2 aromatic carbocycles. The summed E-state index contributed by atoms with van der Waals surface area (Å²) in [6.45, 7) is 2.71. The zero-order valence-corrected chi connectivity index (χ0v) is 14.5. The van der Waals surface area contributed by atoms with Crippen molar-refractivity contribution in [1.82, 2.24) is 4.98 Å². The van der Waals surface area contributed by atoms with Crippen LogP contribution in [0.4, 0.5) is 5.69 Å². The molecule has 0 bridgehead atoms. The van der Waals surface area contributed by atoms with Crippen molar-refractivity contribution in [3.8, 4) is 5.75 Å².